The maximum atomic E-state index is 14.4. The third-order valence-corrected chi connectivity index (χ3v) is 7.32. The van der Waals surface area contributed by atoms with Gasteiger partial charge in [0.2, 0.25) is 0 Å². The minimum Gasteiger partial charge on any atom is -0.491 e. The van der Waals surface area contributed by atoms with E-state index in [1.807, 2.05) is 13.0 Å². The van der Waals surface area contributed by atoms with E-state index >= 15 is 0 Å². The Labute approximate surface area is 216 Å². The molecule has 2 unspecified atom stereocenters. The van der Waals surface area contributed by atoms with E-state index in [-0.39, 0.29) is 6.04 Å². The molecule has 2 fully saturated rings. The molecule has 3 heterocycles. The highest BCUT2D eigenvalue weighted by Crippen LogP contribution is 2.48. The Morgan fingerprint density at radius 1 is 1.11 bits per heavy atom. The number of unbranched alkanes of at least 4 members (excludes halogenated alkanes) is 1. The van der Waals surface area contributed by atoms with Gasteiger partial charge in [-0.05, 0) is 36.8 Å². The van der Waals surface area contributed by atoms with Crippen molar-refractivity contribution < 1.29 is 18.3 Å². The van der Waals surface area contributed by atoms with Crippen LogP contribution in [0.3, 0.4) is 0 Å². The molecule has 10 heteroatoms. The first kappa shape index (κ1) is 25.5. The second-order valence-corrected chi connectivity index (χ2v) is 9.75. The molecule has 0 amide bonds. The number of piperazine rings is 1. The monoisotopic (exact) mass is 512 g/mol. The maximum Gasteiger partial charge on any atom is 0.176 e. The molecule has 5 rings (SSSR count). The quantitative estimate of drug-likeness (QED) is 0.284. The Balaban J connectivity index is 1.14. The zero-order chi connectivity index (χ0) is 25.8. The summed E-state index contributed by atoms with van der Waals surface area (Å²) in [5.74, 6) is 0.354. The first-order chi connectivity index (χ1) is 18.0. The van der Waals surface area contributed by atoms with Gasteiger partial charge in [0, 0.05) is 50.8 Å². The molecule has 0 bridgehead atoms. The zero-order valence-corrected chi connectivity index (χ0v) is 21.4. The van der Waals surface area contributed by atoms with Gasteiger partial charge in [0.1, 0.15) is 29.0 Å². The van der Waals surface area contributed by atoms with Crippen molar-refractivity contribution in [1.82, 2.24) is 25.1 Å². The van der Waals surface area contributed by atoms with E-state index in [0.717, 1.165) is 69.7 Å². The lowest BCUT2D eigenvalue weighted by atomic mass is 9.93. The molecular weight excluding hydrogens is 478 g/mol. The molecule has 1 aromatic heterocycles. The van der Waals surface area contributed by atoms with Crippen molar-refractivity contribution in [2.75, 3.05) is 50.8 Å². The SMILES string of the molecule is CCCCOc1ccccc1N1CCN(CCc2nnn(C(C)C3(c4ccc(F)cc4F)CO3)n2)CC1. The van der Waals surface area contributed by atoms with Crippen LogP contribution in [-0.2, 0) is 16.8 Å². The third-order valence-electron chi connectivity index (χ3n) is 7.32. The van der Waals surface area contributed by atoms with Gasteiger partial charge in [0.05, 0.1) is 18.9 Å². The maximum absolute atomic E-state index is 14.4. The molecule has 2 aliphatic heterocycles. The van der Waals surface area contributed by atoms with E-state index in [2.05, 4.69) is 50.3 Å². The summed E-state index contributed by atoms with van der Waals surface area (Å²) >= 11 is 0. The smallest absolute Gasteiger partial charge is 0.176 e. The van der Waals surface area contributed by atoms with E-state index < -0.39 is 17.2 Å². The van der Waals surface area contributed by atoms with Crippen molar-refractivity contribution in [3.05, 3.63) is 65.5 Å². The first-order valence-electron chi connectivity index (χ1n) is 13.1. The van der Waals surface area contributed by atoms with Crippen molar-refractivity contribution >= 4 is 5.69 Å². The van der Waals surface area contributed by atoms with E-state index in [0.29, 0.717) is 24.4 Å². The fraction of sp³-hybridized carbons (Fsp3) is 0.519. The minimum absolute atomic E-state index is 0.315. The van der Waals surface area contributed by atoms with Crippen LogP contribution >= 0.6 is 0 Å². The van der Waals surface area contributed by atoms with Gasteiger partial charge >= 0.3 is 0 Å². The van der Waals surface area contributed by atoms with Gasteiger partial charge in [-0.2, -0.15) is 4.80 Å². The Morgan fingerprint density at radius 2 is 1.89 bits per heavy atom. The fourth-order valence-corrected chi connectivity index (χ4v) is 4.88. The number of benzene rings is 2. The molecule has 198 valence electrons. The molecule has 0 saturated carbocycles. The minimum atomic E-state index is -0.900. The van der Waals surface area contributed by atoms with Crippen LogP contribution in [-0.4, -0.2) is 71.0 Å². The molecule has 0 radical (unpaired) electrons. The van der Waals surface area contributed by atoms with Gasteiger partial charge in [-0.1, -0.05) is 31.5 Å². The molecule has 0 spiro atoms. The predicted molar refractivity (Wildman–Crippen MR) is 136 cm³/mol. The molecule has 0 N–H and O–H groups in total. The Hall–Kier alpha value is -3.11. The molecule has 2 aliphatic rings. The van der Waals surface area contributed by atoms with Gasteiger partial charge in [-0.3, -0.25) is 4.90 Å². The van der Waals surface area contributed by atoms with Crippen LogP contribution < -0.4 is 9.64 Å². The summed E-state index contributed by atoms with van der Waals surface area (Å²) in [6.07, 6.45) is 2.84. The van der Waals surface area contributed by atoms with Crippen LogP contribution in [0.2, 0.25) is 0 Å². The number of para-hydroxylation sites is 2. The van der Waals surface area contributed by atoms with E-state index in [4.69, 9.17) is 9.47 Å². The van der Waals surface area contributed by atoms with Gasteiger partial charge in [-0.25, -0.2) is 8.78 Å². The Bertz CT molecular complexity index is 1190. The molecule has 2 atom stereocenters. The van der Waals surface area contributed by atoms with E-state index in [1.54, 1.807) is 0 Å². The van der Waals surface area contributed by atoms with E-state index in [9.17, 15) is 8.78 Å². The van der Waals surface area contributed by atoms with Crippen molar-refractivity contribution in [3.63, 3.8) is 0 Å². The lowest BCUT2D eigenvalue weighted by Gasteiger charge is -2.36. The number of hydrogen-bond donors (Lipinski definition) is 0. The van der Waals surface area contributed by atoms with Crippen molar-refractivity contribution in [2.24, 2.45) is 0 Å². The van der Waals surface area contributed by atoms with Crippen LogP contribution in [0.5, 0.6) is 5.75 Å². The van der Waals surface area contributed by atoms with Crippen LogP contribution in [0.1, 0.15) is 44.1 Å². The van der Waals surface area contributed by atoms with Crippen LogP contribution in [0.4, 0.5) is 14.5 Å². The lowest BCUT2D eigenvalue weighted by Crippen LogP contribution is -2.47. The highest BCUT2D eigenvalue weighted by molar-refractivity contribution is 5.58. The summed E-state index contributed by atoms with van der Waals surface area (Å²) in [7, 11) is 0. The number of aromatic nitrogens is 4. The average molecular weight is 513 g/mol. The Morgan fingerprint density at radius 3 is 2.62 bits per heavy atom. The molecule has 8 nitrogen and oxygen atoms in total. The summed E-state index contributed by atoms with van der Waals surface area (Å²) in [5.41, 5.74) is 0.573. The van der Waals surface area contributed by atoms with Gasteiger partial charge < -0.3 is 14.4 Å². The summed E-state index contributed by atoms with van der Waals surface area (Å²) in [6, 6.07) is 11.4. The second-order valence-electron chi connectivity index (χ2n) is 9.75. The van der Waals surface area contributed by atoms with E-state index in [1.165, 1.54) is 16.9 Å². The number of epoxide rings is 1. The summed E-state index contributed by atoms with van der Waals surface area (Å²) < 4.78 is 39.5. The van der Waals surface area contributed by atoms with Crippen LogP contribution in [0, 0.1) is 11.6 Å². The molecule has 2 aromatic carbocycles. The molecule has 2 saturated heterocycles. The largest absolute Gasteiger partial charge is 0.491 e. The zero-order valence-electron chi connectivity index (χ0n) is 21.4. The first-order valence-corrected chi connectivity index (χ1v) is 13.1. The van der Waals surface area contributed by atoms with Crippen molar-refractivity contribution in [3.8, 4) is 5.75 Å². The molecule has 0 aliphatic carbocycles. The standard InChI is InChI=1S/C27H34F2N6O2/c1-3-4-17-36-25-8-6-5-7-24(25)34-15-13-33(14-16-34)12-11-26-30-32-35(31-26)20(2)27(19-37-27)22-10-9-21(28)18-23(22)29/h5-10,18,20H,3-4,11-17,19H2,1-2H3. The Kier molecular flexibility index (Phi) is 7.66. The third kappa shape index (κ3) is 5.60. The summed E-state index contributed by atoms with van der Waals surface area (Å²) in [6.45, 7) is 9.65. The van der Waals surface area contributed by atoms with Crippen molar-refractivity contribution in [1.29, 1.82) is 0 Å². The predicted octanol–water partition coefficient (Wildman–Crippen LogP) is 3.98. The number of halogens is 2. The van der Waals surface area contributed by atoms with Gasteiger partial charge in [-0.15, -0.1) is 10.2 Å². The van der Waals surface area contributed by atoms with Crippen molar-refractivity contribution in [2.45, 2.75) is 44.8 Å². The molecule has 3 aromatic rings. The normalized spacial score (nSPS) is 20.7. The van der Waals surface area contributed by atoms with Gasteiger partial charge in [0.15, 0.2) is 5.82 Å². The van der Waals surface area contributed by atoms with Crippen LogP contribution in [0.25, 0.3) is 0 Å². The lowest BCUT2D eigenvalue weighted by molar-refractivity contribution is 0.199. The second kappa shape index (κ2) is 11.1. The number of hydrogen-bond acceptors (Lipinski definition) is 7. The number of tetrazole rings is 1. The molecule has 37 heavy (non-hydrogen) atoms. The summed E-state index contributed by atoms with van der Waals surface area (Å²) in [4.78, 5) is 6.27. The number of nitrogens with zero attached hydrogens (tertiary/aromatic N) is 6. The molecular formula is C27H34F2N6O2. The highest BCUT2D eigenvalue weighted by atomic mass is 19.1. The highest BCUT2D eigenvalue weighted by Gasteiger charge is 2.54. The topological polar surface area (TPSA) is 71.8 Å². The summed E-state index contributed by atoms with van der Waals surface area (Å²) in [5, 5.41) is 13.0. The number of anilines is 1. The number of rotatable bonds is 11. The fourth-order valence-electron chi connectivity index (χ4n) is 4.88. The number of ether oxygens (including phenoxy) is 2. The van der Waals surface area contributed by atoms with Gasteiger partial charge in [0.25, 0.3) is 0 Å². The average Bonchev–Trinajstić information content (AvgIpc) is 3.57. The van der Waals surface area contributed by atoms with Crippen LogP contribution in [0.15, 0.2) is 42.5 Å².